The van der Waals surface area contributed by atoms with Crippen LogP contribution >= 0.6 is 0 Å². The molecule has 0 aromatic heterocycles. The first-order chi connectivity index (χ1) is 9.62. The van der Waals surface area contributed by atoms with E-state index in [9.17, 15) is 8.42 Å². The number of ether oxygens (including phenoxy) is 1. The van der Waals surface area contributed by atoms with Crippen LogP contribution in [0.15, 0.2) is 59.5 Å². The first-order valence-corrected chi connectivity index (χ1v) is 7.66. The predicted octanol–water partition coefficient (Wildman–Crippen LogP) is 2.87. The summed E-state index contributed by atoms with van der Waals surface area (Å²) in [4.78, 5) is 0.207. The zero-order chi connectivity index (χ0) is 14.4. The highest BCUT2D eigenvalue weighted by Crippen LogP contribution is 2.12. The largest absolute Gasteiger partial charge is 0.494 e. The fourth-order valence-electron chi connectivity index (χ4n) is 1.59. The lowest BCUT2D eigenvalue weighted by molar-refractivity contribution is 0.340. The molecule has 0 aliphatic heterocycles. The minimum Gasteiger partial charge on any atom is -0.494 e. The predicted molar refractivity (Wildman–Crippen MR) is 78.1 cm³/mol. The van der Waals surface area contributed by atoms with Crippen LogP contribution in [0.3, 0.4) is 0 Å². The fourth-order valence-corrected chi connectivity index (χ4v) is 2.47. The van der Waals surface area contributed by atoms with Crippen molar-refractivity contribution in [1.82, 2.24) is 0 Å². The Hall–Kier alpha value is -2.25. The molecule has 2 rings (SSSR count). The lowest BCUT2D eigenvalue weighted by Crippen LogP contribution is -1.96. The van der Waals surface area contributed by atoms with E-state index in [-0.39, 0.29) is 4.90 Å². The van der Waals surface area contributed by atoms with E-state index in [0.29, 0.717) is 12.2 Å². The second-order valence-corrected chi connectivity index (χ2v) is 5.68. The Morgan fingerprint density at radius 1 is 1.00 bits per heavy atom. The molecule has 0 fully saturated rings. The number of hydrogen-bond donors (Lipinski definition) is 0. The molecule has 0 saturated carbocycles. The summed E-state index contributed by atoms with van der Waals surface area (Å²) in [7, 11) is -3.57. The molecule has 20 heavy (non-hydrogen) atoms. The smallest absolute Gasteiger partial charge is 0.245 e. The minimum atomic E-state index is -3.57. The summed E-state index contributed by atoms with van der Waals surface area (Å²) in [5, 5.41) is 2.32. The third kappa shape index (κ3) is 3.62. The highest BCUT2D eigenvalue weighted by Gasteiger charge is 2.08. The second-order valence-electron chi connectivity index (χ2n) is 4.00. The van der Waals surface area contributed by atoms with E-state index < -0.39 is 9.84 Å². The van der Waals surface area contributed by atoms with E-state index in [1.165, 1.54) is 12.1 Å². The van der Waals surface area contributed by atoms with Gasteiger partial charge < -0.3 is 4.74 Å². The Bertz CT molecular complexity index is 721. The average molecular weight is 286 g/mol. The minimum absolute atomic E-state index is 0.207. The van der Waals surface area contributed by atoms with Gasteiger partial charge in [0.1, 0.15) is 5.75 Å². The maximum Gasteiger partial charge on any atom is 0.245 e. The fraction of sp³-hybridized carbons (Fsp3) is 0.125. The number of benzene rings is 2. The first kappa shape index (κ1) is 14.2. The number of rotatable bonds is 3. The van der Waals surface area contributed by atoms with Crippen molar-refractivity contribution in [2.24, 2.45) is 0 Å². The Morgan fingerprint density at radius 2 is 1.65 bits per heavy atom. The van der Waals surface area contributed by atoms with Crippen molar-refractivity contribution < 1.29 is 13.2 Å². The molecule has 0 saturated heterocycles. The highest BCUT2D eigenvalue weighted by atomic mass is 32.2. The SMILES string of the molecule is CCOc1ccc(C#CS(=O)(=O)c2ccccc2)cc1. The molecule has 0 atom stereocenters. The van der Waals surface area contributed by atoms with Gasteiger partial charge in [0, 0.05) is 10.8 Å². The second kappa shape index (κ2) is 6.27. The van der Waals surface area contributed by atoms with Crippen molar-refractivity contribution in [2.75, 3.05) is 6.61 Å². The summed E-state index contributed by atoms with van der Waals surface area (Å²) < 4.78 is 29.3. The number of sulfone groups is 1. The van der Waals surface area contributed by atoms with Gasteiger partial charge in [-0.05, 0) is 49.2 Å². The summed E-state index contributed by atoms with van der Waals surface area (Å²) in [6.45, 7) is 2.49. The quantitative estimate of drug-likeness (QED) is 0.815. The van der Waals surface area contributed by atoms with Gasteiger partial charge in [0.25, 0.3) is 0 Å². The molecule has 2 aromatic rings. The molecule has 2 aromatic carbocycles. The van der Waals surface area contributed by atoms with Crippen molar-refractivity contribution in [2.45, 2.75) is 11.8 Å². The van der Waals surface area contributed by atoms with Crippen molar-refractivity contribution in [3.63, 3.8) is 0 Å². The van der Waals surface area contributed by atoms with Crippen LogP contribution < -0.4 is 4.74 Å². The maximum atomic E-state index is 12.0. The van der Waals surface area contributed by atoms with Gasteiger partial charge in [-0.15, -0.1) is 0 Å². The van der Waals surface area contributed by atoms with Crippen molar-refractivity contribution in [1.29, 1.82) is 0 Å². The topological polar surface area (TPSA) is 43.4 Å². The molecule has 102 valence electrons. The summed E-state index contributed by atoms with van der Waals surface area (Å²) in [6, 6.07) is 15.2. The number of hydrogen-bond acceptors (Lipinski definition) is 3. The van der Waals surface area contributed by atoms with E-state index in [1.807, 2.05) is 6.92 Å². The van der Waals surface area contributed by atoms with Crippen LogP contribution in [0.4, 0.5) is 0 Å². The first-order valence-electron chi connectivity index (χ1n) is 6.17. The van der Waals surface area contributed by atoms with Crippen molar-refractivity contribution in [3.8, 4) is 16.9 Å². The maximum absolute atomic E-state index is 12.0. The zero-order valence-corrected chi connectivity index (χ0v) is 11.9. The van der Waals surface area contributed by atoms with Crippen molar-refractivity contribution >= 4 is 9.84 Å². The molecular weight excluding hydrogens is 272 g/mol. The van der Waals surface area contributed by atoms with Crippen LogP contribution in [0.1, 0.15) is 12.5 Å². The zero-order valence-electron chi connectivity index (χ0n) is 11.0. The molecule has 0 aliphatic rings. The van der Waals surface area contributed by atoms with E-state index in [4.69, 9.17) is 4.74 Å². The molecule has 0 bridgehead atoms. The van der Waals surface area contributed by atoms with Gasteiger partial charge in [0.2, 0.25) is 9.84 Å². The van der Waals surface area contributed by atoms with E-state index in [1.54, 1.807) is 42.5 Å². The van der Waals surface area contributed by atoms with Gasteiger partial charge in [0.15, 0.2) is 0 Å². The van der Waals surface area contributed by atoms with Gasteiger partial charge in [-0.1, -0.05) is 18.2 Å². The normalized spacial score (nSPS) is 10.4. The standard InChI is InChI=1S/C16H14O3S/c1-2-19-15-10-8-14(9-11-15)12-13-20(17,18)16-6-4-3-5-7-16/h3-11H,2H2,1H3. The van der Waals surface area contributed by atoms with Crippen LogP contribution in [-0.4, -0.2) is 15.0 Å². The van der Waals surface area contributed by atoms with Gasteiger partial charge in [-0.25, -0.2) is 8.42 Å². The molecule has 0 heterocycles. The summed E-state index contributed by atoms with van der Waals surface area (Å²) >= 11 is 0. The van der Waals surface area contributed by atoms with Crippen LogP contribution in [0.5, 0.6) is 5.75 Å². The van der Waals surface area contributed by atoms with Crippen LogP contribution in [0, 0.1) is 11.2 Å². The van der Waals surface area contributed by atoms with Crippen molar-refractivity contribution in [3.05, 3.63) is 60.2 Å². The highest BCUT2D eigenvalue weighted by molar-refractivity contribution is 7.96. The molecule has 3 nitrogen and oxygen atoms in total. The third-order valence-electron chi connectivity index (χ3n) is 2.55. The van der Waals surface area contributed by atoms with Gasteiger partial charge in [-0.3, -0.25) is 0 Å². The molecule has 0 unspecified atom stereocenters. The Balaban J connectivity index is 2.22. The Kier molecular flexibility index (Phi) is 4.44. The summed E-state index contributed by atoms with van der Waals surface area (Å²) in [6.07, 6.45) is 0. The third-order valence-corrected chi connectivity index (χ3v) is 3.81. The molecule has 0 aliphatic carbocycles. The molecular formula is C16H14O3S. The van der Waals surface area contributed by atoms with Crippen LogP contribution in [0.2, 0.25) is 0 Å². The van der Waals surface area contributed by atoms with Crippen LogP contribution in [0.25, 0.3) is 0 Å². The lowest BCUT2D eigenvalue weighted by atomic mass is 10.2. The molecule has 0 N–H and O–H groups in total. The lowest BCUT2D eigenvalue weighted by Gasteiger charge is -2.01. The monoisotopic (exact) mass is 286 g/mol. The average Bonchev–Trinajstić information content (AvgIpc) is 2.48. The Labute approximate surface area is 119 Å². The van der Waals surface area contributed by atoms with Gasteiger partial charge in [0.05, 0.1) is 11.5 Å². The molecule has 0 spiro atoms. The van der Waals surface area contributed by atoms with E-state index in [0.717, 1.165) is 5.75 Å². The van der Waals surface area contributed by atoms with Gasteiger partial charge >= 0.3 is 0 Å². The van der Waals surface area contributed by atoms with Gasteiger partial charge in [-0.2, -0.15) is 0 Å². The molecule has 4 heteroatoms. The van der Waals surface area contributed by atoms with Crippen LogP contribution in [-0.2, 0) is 9.84 Å². The molecule has 0 amide bonds. The molecule has 0 radical (unpaired) electrons. The van der Waals surface area contributed by atoms with E-state index in [2.05, 4.69) is 11.2 Å². The summed E-state index contributed by atoms with van der Waals surface area (Å²) in [5.74, 6) is 3.40. The van der Waals surface area contributed by atoms with E-state index >= 15 is 0 Å². The Morgan fingerprint density at radius 3 is 2.25 bits per heavy atom. The summed E-state index contributed by atoms with van der Waals surface area (Å²) in [5.41, 5.74) is 0.632.